The van der Waals surface area contributed by atoms with Crippen LogP contribution in [0, 0.1) is 11.2 Å². The van der Waals surface area contributed by atoms with Crippen LogP contribution in [0.2, 0.25) is 0 Å². The zero-order valence-electron chi connectivity index (χ0n) is 23.0. The Morgan fingerprint density at radius 1 is 1.08 bits per heavy atom. The van der Waals surface area contributed by atoms with Crippen molar-refractivity contribution in [3.05, 3.63) is 46.3 Å². The third-order valence-corrected chi connectivity index (χ3v) is 6.13. The van der Waals surface area contributed by atoms with E-state index < -0.39 is 23.8 Å². The van der Waals surface area contributed by atoms with Gasteiger partial charge in [0, 0.05) is 31.8 Å². The summed E-state index contributed by atoms with van der Waals surface area (Å²) in [6.07, 6.45) is 0. The minimum atomic E-state index is -1.10. The maximum atomic E-state index is 15.4. The number of hydrogen-bond acceptors (Lipinski definition) is 7. The predicted octanol–water partition coefficient (Wildman–Crippen LogP) is 4.47. The van der Waals surface area contributed by atoms with Crippen molar-refractivity contribution in [1.29, 1.82) is 5.41 Å². The van der Waals surface area contributed by atoms with Gasteiger partial charge in [0.2, 0.25) is 0 Å². The summed E-state index contributed by atoms with van der Waals surface area (Å²) in [4.78, 5) is 28.0. The Kier molecular flexibility index (Phi) is 8.54. The van der Waals surface area contributed by atoms with Crippen molar-refractivity contribution >= 4 is 23.3 Å². The Morgan fingerprint density at radius 3 is 2.29 bits per heavy atom. The number of carboxylic acid groups (broad SMARTS) is 1. The van der Waals surface area contributed by atoms with Crippen LogP contribution in [0.1, 0.15) is 61.7 Å². The number of aliphatic carboxylic acids is 1. The fourth-order valence-corrected chi connectivity index (χ4v) is 4.37. The molecule has 3 rings (SSSR count). The van der Waals surface area contributed by atoms with Crippen molar-refractivity contribution in [2.75, 3.05) is 45.4 Å². The SMILES string of the molecule is CCOc1cc2c(c(F)c1OCC)C(=N)N(CC(=O)c1cc(N(C)C)c(OCC(=O)O)c(C(C)(C)C)c1)C2. The molecule has 0 bridgehead atoms. The molecule has 0 spiro atoms. The number of hydrogen-bond donors (Lipinski definition) is 2. The lowest BCUT2D eigenvalue weighted by Gasteiger charge is -2.28. The summed E-state index contributed by atoms with van der Waals surface area (Å²) in [7, 11) is 3.57. The molecule has 2 N–H and O–H groups in total. The molecule has 38 heavy (non-hydrogen) atoms. The smallest absolute Gasteiger partial charge is 0.341 e. The van der Waals surface area contributed by atoms with E-state index in [1.54, 1.807) is 51.0 Å². The lowest BCUT2D eigenvalue weighted by atomic mass is 9.84. The van der Waals surface area contributed by atoms with Crippen LogP contribution >= 0.6 is 0 Å². The van der Waals surface area contributed by atoms with Gasteiger partial charge in [-0.3, -0.25) is 10.2 Å². The van der Waals surface area contributed by atoms with Gasteiger partial charge in [0.1, 0.15) is 11.6 Å². The molecule has 0 atom stereocenters. The number of halogens is 1. The number of carbonyl (C=O) groups excluding carboxylic acids is 1. The Bertz CT molecular complexity index is 1250. The third-order valence-electron chi connectivity index (χ3n) is 6.13. The summed E-state index contributed by atoms with van der Waals surface area (Å²) in [6.45, 7) is 9.46. The maximum Gasteiger partial charge on any atom is 0.341 e. The first-order chi connectivity index (χ1) is 17.8. The molecule has 0 aliphatic carbocycles. The first-order valence-electron chi connectivity index (χ1n) is 12.5. The van der Waals surface area contributed by atoms with Crippen LogP contribution < -0.4 is 19.1 Å². The number of amidine groups is 1. The van der Waals surface area contributed by atoms with Crippen molar-refractivity contribution in [2.24, 2.45) is 0 Å². The number of carboxylic acids is 1. The average molecular weight is 530 g/mol. The largest absolute Gasteiger partial charge is 0.490 e. The third kappa shape index (κ3) is 5.84. The van der Waals surface area contributed by atoms with Crippen LogP contribution in [-0.4, -0.2) is 68.1 Å². The molecule has 0 aromatic heterocycles. The molecule has 0 radical (unpaired) electrons. The number of nitrogens with zero attached hydrogens (tertiary/aromatic N) is 2. The maximum absolute atomic E-state index is 15.4. The van der Waals surface area contributed by atoms with Crippen LogP contribution in [0.4, 0.5) is 10.1 Å². The Balaban J connectivity index is 1.97. The minimum absolute atomic E-state index is 0.0339. The van der Waals surface area contributed by atoms with Gasteiger partial charge in [0.15, 0.2) is 29.7 Å². The zero-order valence-corrected chi connectivity index (χ0v) is 23.0. The van der Waals surface area contributed by atoms with Gasteiger partial charge in [-0.15, -0.1) is 0 Å². The standard InChI is InChI=1S/C28H36FN3O6/c1-8-36-21-12-17-13-32(27(30)23(17)24(29)26(21)37-9-2)14-20(33)16-10-18(28(3,4)5)25(38-15-22(34)35)19(11-16)31(6)7/h10-12,30H,8-9,13-15H2,1-7H3,(H,34,35). The first kappa shape index (κ1) is 28.7. The van der Waals surface area contributed by atoms with Gasteiger partial charge in [-0.05, 0) is 43.0 Å². The van der Waals surface area contributed by atoms with Gasteiger partial charge in [-0.25, -0.2) is 9.18 Å². The van der Waals surface area contributed by atoms with Crippen molar-refractivity contribution in [3.8, 4) is 17.2 Å². The molecule has 0 unspecified atom stereocenters. The summed E-state index contributed by atoms with van der Waals surface area (Å²) in [5, 5.41) is 17.8. The van der Waals surface area contributed by atoms with Gasteiger partial charge in [-0.2, -0.15) is 0 Å². The van der Waals surface area contributed by atoms with Crippen LogP contribution in [0.5, 0.6) is 17.2 Å². The van der Waals surface area contributed by atoms with E-state index >= 15 is 4.39 Å². The molecule has 0 saturated carbocycles. The monoisotopic (exact) mass is 529 g/mol. The topological polar surface area (TPSA) is 112 Å². The van der Waals surface area contributed by atoms with Gasteiger partial charge >= 0.3 is 5.97 Å². The van der Waals surface area contributed by atoms with Crippen LogP contribution in [0.3, 0.4) is 0 Å². The van der Waals surface area contributed by atoms with E-state index in [1.165, 1.54) is 4.90 Å². The number of ketones is 1. The van der Waals surface area contributed by atoms with Crippen molar-refractivity contribution < 1.29 is 33.3 Å². The molecule has 0 fully saturated rings. The summed E-state index contributed by atoms with van der Waals surface area (Å²) in [6, 6.07) is 5.03. The van der Waals surface area contributed by atoms with Gasteiger partial charge in [-0.1, -0.05) is 20.8 Å². The summed E-state index contributed by atoms with van der Waals surface area (Å²) in [5.74, 6) is -1.50. The quantitative estimate of drug-likeness (QED) is 0.410. The zero-order chi connectivity index (χ0) is 28.4. The average Bonchev–Trinajstić information content (AvgIpc) is 3.13. The van der Waals surface area contributed by atoms with Gasteiger partial charge < -0.3 is 29.1 Å². The number of nitrogens with one attached hydrogen (secondary N) is 1. The van der Waals surface area contributed by atoms with Crippen molar-refractivity contribution in [1.82, 2.24) is 4.90 Å². The fourth-order valence-electron chi connectivity index (χ4n) is 4.37. The molecule has 0 saturated heterocycles. The number of Topliss-reactive ketones (excluding diaryl/α,β-unsaturated/α-hetero) is 1. The van der Waals surface area contributed by atoms with E-state index in [-0.39, 0.29) is 48.4 Å². The Hall–Kier alpha value is -3.82. The summed E-state index contributed by atoms with van der Waals surface area (Å²) >= 11 is 0. The highest BCUT2D eigenvalue weighted by Gasteiger charge is 2.34. The second kappa shape index (κ2) is 11.3. The highest BCUT2D eigenvalue weighted by Crippen LogP contribution is 2.41. The van der Waals surface area contributed by atoms with E-state index in [1.807, 2.05) is 20.8 Å². The van der Waals surface area contributed by atoms with Crippen molar-refractivity contribution in [2.45, 2.75) is 46.6 Å². The fraction of sp³-hybridized carbons (Fsp3) is 0.464. The number of fused-ring (bicyclic) bond motifs is 1. The first-order valence-corrected chi connectivity index (χ1v) is 12.5. The lowest BCUT2D eigenvalue weighted by molar-refractivity contribution is -0.139. The molecular weight excluding hydrogens is 493 g/mol. The number of benzene rings is 2. The highest BCUT2D eigenvalue weighted by atomic mass is 19.1. The molecular formula is C28H36FN3O6. The minimum Gasteiger partial charge on any atom is -0.490 e. The molecule has 1 aliphatic rings. The second-order valence-corrected chi connectivity index (χ2v) is 10.2. The molecule has 1 heterocycles. The normalized spacial score (nSPS) is 12.8. The van der Waals surface area contributed by atoms with Gasteiger partial charge in [0.25, 0.3) is 0 Å². The predicted molar refractivity (Wildman–Crippen MR) is 143 cm³/mol. The van der Waals surface area contributed by atoms with E-state index in [0.717, 1.165) is 0 Å². The van der Waals surface area contributed by atoms with E-state index in [0.29, 0.717) is 34.7 Å². The number of ether oxygens (including phenoxy) is 3. The van der Waals surface area contributed by atoms with Crippen molar-refractivity contribution in [3.63, 3.8) is 0 Å². The summed E-state index contributed by atoms with van der Waals surface area (Å²) < 4.78 is 32.1. The van der Waals surface area contributed by atoms with Crippen LogP contribution in [0.25, 0.3) is 0 Å². The second-order valence-electron chi connectivity index (χ2n) is 10.2. The number of rotatable bonds is 11. The van der Waals surface area contributed by atoms with E-state index in [4.69, 9.17) is 24.7 Å². The highest BCUT2D eigenvalue weighted by molar-refractivity contribution is 6.06. The van der Waals surface area contributed by atoms with E-state index in [2.05, 4.69) is 0 Å². The Labute approximate surface area is 222 Å². The molecule has 9 nitrogen and oxygen atoms in total. The molecule has 10 heteroatoms. The molecule has 1 aliphatic heterocycles. The lowest BCUT2D eigenvalue weighted by Crippen LogP contribution is -2.31. The van der Waals surface area contributed by atoms with E-state index in [9.17, 15) is 9.59 Å². The molecule has 2 aromatic rings. The van der Waals surface area contributed by atoms with Crippen LogP contribution in [-0.2, 0) is 16.8 Å². The number of anilines is 1. The molecule has 0 amide bonds. The number of carbonyl (C=O) groups is 2. The molecule has 206 valence electrons. The Morgan fingerprint density at radius 2 is 1.74 bits per heavy atom. The van der Waals surface area contributed by atoms with Gasteiger partial charge in [0.05, 0.1) is 31.0 Å². The van der Waals surface area contributed by atoms with Crippen LogP contribution in [0.15, 0.2) is 18.2 Å². The summed E-state index contributed by atoms with van der Waals surface area (Å²) in [5.41, 5.74) is 1.83. The molecule has 2 aromatic carbocycles.